The summed E-state index contributed by atoms with van der Waals surface area (Å²) in [4.78, 5) is 0. The third-order valence-corrected chi connectivity index (χ3v) is 2.80. The number of hydrogen-bond donors (Lipinski definition) is 1. The molecule has 1 heterocycles. The number of nitrogens with one attached hydrogen (secondary N) is 1. The Labute approximate surface area is 114 Å². The molecule has 0 aliphatic carbocycles. The van der Waals surface area contributed by atoms with E-state index < -0.39 is 0 Å². The van der Waals surface area contributed by atoms with Crippen LogP contribution >= 0.6 is 0 Å². The molecule has 4 heteroatoms. The minimum atomic E-state index is 0.269. The van der Waals surface area contributed by atoms with Crippen LogP contribution in [0.15, 0.2) is 12.1 Å². The molecular formula is C15H19NO3. The Morgan fingerprint density at radius 3 is 2.89 bits per heavy atom. The van der Waals surface area contributed by atoms with Crippen molar-refractivity contribution in [1.82, 2.24) is 5.32 Å². The van der Waals surface area contributed by atoms with Crippen molar-refractivity contribution in [2.24, 2.45) is 0 Å². The Kier molecular flexibility index (Phi) is 4.93. The summed E-state index contributed by atoms with van der Waals surface area (Å²) in [6.45, 7) is 4.63. The summed E-state index contributed by atoms with van der Waals surface area (Å²) in [7, 11) is 0. The van der Waals surface area contributed by atoms with Gasteiger partial charge in [-0.15, -0.1) is 12.3 Å². The average Bonchev–Trinajstić information content (AvgIpc) is 2.86. The first-order valence-electron chi connectivity index (χ1n) is 6.54. The molecule has 1 aromatic rings. The van der Waals surface area contributed by atoms with Crippen molar-refractivity contribution in [3.8, 4) is 29.6 Å². The number of benzene rings is 1. The average molecular weight is 261 g/mol. The monoisotopic (exact) mass is 261 g/mol. The van der Waals surface area contributed by atoms with Crippen LogP contribution in [0.4, 0.5) is 0 Å². The SMILES string of the molecule is C#CCCOc1cc2c(cc1CNCCC)OCO2. The van der Waals surface area contributed by atoms with E-state index in [9.17, 15) is 0 Å². The first-order valence-corrected chi connectivity index (χ1v) is 6.54. The molecule has 1 aliphatic rings. The molecule has 4 nitrogen and oxygen atoms in total. The lowest BCUT2D eigenvalue weighted by Gasteiger charge is -2.12. The Morgan fingerprint density at radius 1 is 1.37 bits per heavy atom. The van der Waals surface area contributed by atoms with E-state index in [1.807, 2.05) is 12.1 Å². The Balaban J connectivity index is 2.10. The third kappa shape index (κ3) is 3.55. The van der Waals surface area contributed by atoms with E-state index >= 15 is 0 Å². The molecular weight excluding hydrogens is 242 g/mol. The molecule has 0 fully saturated rings. The van der Waals surface area contributed by atoms with Crippen LogP contribution < -0.4 is 19.5 Å². The fourth-order valence-corrected chi connectivity index (χ4v) is 1.86. The number of hydrogen-bond acceptors (Lipinski definition) is 4. The Bertz CT molecular complexity index is 465. The van der Waals surface area contributed by atoms with Gasteiger partial charge >= 0.3 is 0 Å². The molecule has 1 aromatic carbocycles. The van der Waals surface area contributed by atoms with Gasteiger partial charge in [-0.2, -0.15) is 0 Å². The molecule has 0 saturated carbocycles. The van der Waals surface area contributed by atoms with Crippen molar-refractivity contribution >= 4 is 0 Å². The predicted molar refractivity (Wildman–Crippen MR) is 73.5 cm³/mol. The maximum Gasteiger partial charge on any atom is 0.231 e. The highest BCUT2D eigenvalue weighted by Gasteiger charge is 2.17. The predicted octanol–water partition coefficient (Wildman–Crippen LogP) is 2.32. The summed E-state index contributed by atoms with van der Waals surface area (Å²) < 4.78 is 16.5. The quantitative estimate of drug-likeness (QED) is 0.604. The number of rotatable bonds is 7. The van der Waals surface area contributed by atoms with Crippen LogP contribution in [0.25, 0.3) is 0 Å². The Morgan fingerprint density at radius 2 is 2.16 bits per heavy atom. The van der Waals surface area contributed by atoms with Crippen LogP contribution in [0.2, 0.25) is 0 Å². The fraction of sp³-hybridized carbons (Fsp3) is 0.467. The molecule has 0 radical (unpaired) electrons. The smallest absolute Gasteiger partial charge is 0.231 e. The van der Waals surface area contributed by atoms with Crippen LogP contribution in [0.5, 0.6) is 17.2 Å². The van der Waals surface area contributed by atoms with E-state index in [-0.39, 0.29) is 6.79 Å². The molecule has 0 bridgehead atoms. The van der Waals surface area contributed by atoms with E-state index in [1.165, 1.54) is 0 Å². The first-order chi connectivity index (χ1) is 9.35. The van der Waals surface area contributed by atoms with Gasteiger partial charge in [-0.1, -0.05) is 6.92 Å². The molecule has 102 valence electrons. The van der Waals surface area contributed by atoms with Crippen LogP contribution in [0.1, 0.15) is 25.3 Å². The number of fused-ring (bicyclic) bond motifs is 1. The van der Waals surface area contributed by atoms with Gasteiger partial charge in [-0.3, -0.25) is 0 Å². The molecule has 0 saturated heterocycles. The molecule has 0 spiro atoms. The zero-order valence-corrected chi connectivity index (χ0v) is 11.2. The summed E-state index contributed by atoms with van der Waals surface area (Å²) in [5.74, 6) is 4.88. The van der Waals surface area contributed by atoms with Crippen molar-refractivity contribution in [3.05, 3.63) is 17.7 Å². The van der Waals surface area contributed by atoms with Gasteiger partial charge in [0.15, 0.2) is 11.5 Å². The topological polar surface area (TPSA) is 39.7 Å². The van der Waals surface area contributed by atoms with Gasteiger partial charge in [-0.05, 0) is 19.0 Å². The molecule has 1 N–H and O–H groups in total. The van der Waals surface area contributed by atoms with Crippen molar-refractivity contribution in [2.45, 2.75) is 26.3 Å². The first kappa shape index (κ1) is 13.6. The summed E-state index contributed by atoms with van der Waals surface area (Å²) in [5, 5.41) is 3.36. The number of terminal acetylenes is 1. The highest BCUT2D eigenvalue weighted by atomic mass is 16.7. The fourth-order valence-electron chi connectivity index (χ4n) is 1.86. The molecule has 0 atom stereocenters. The molecule has 2 rings (SSSR count). The van der Waals surface area contributed by atoms with Crippen LogP contribution in [0.3, 0.4) is 0 Å². The van der Waals surface area contributed by atoms with Gasteiger partial charge in [-0.25, -0.2) is 0 Å². The molecule has 0 amide bonds. The van der Waals surface area contributed by atoms with Gasteiger partial charge in [0.05, 0.1) is 6.61 Å². The van der Waals surface area contributed by atoms with E-state index in [4.69, 9.17) is 20.6 Å². The second-order valence-electron chi connectivity index (χ2n) is 4.29. The molecule has 19 heavy (non-hydrogen) atoms. The van der Waals surface area contributed by atoms with Gasteiger partial charge in [0, 0.05) is 24.6 Å². The minimum absolute atomic E-state index is 0.269. The van der Waals surface area contributed by atoms with Crippen molar-refractivity contribution < 1.29 is 14.2 Å². The minimum Gasteiger partial charge on any atom is -0.492 e. The lowest BCUT2D eigenvalue weighted by Crippen LogP contribution is -2.14. The second kappa shape index (κ2) is 6.91. The van der Waals surface area contributed by atoms with Crippen LogP contribution in [0, 0.1) is 12.3 Å². The Hall–Kier alpha value is -1.86. The normalized spacial score (nSPS) is 12.2. The number of ether oxygens (including phenoxy) is 3. The van der Waals surface area contributed by atoms with Crippen LogP contribution in [-0.4, -0.2) is 19.9 Å². The van der Waals surface area contributed by atoms with Gasteiger partial charge in [0.1, 0.15) is 5.75 Å². The summed E-state index contributed by atoms with van der Waals surface area (Å²) >= 11 is 0. The summed E-state index contributed by atoms with van der Waals surface area (Å²) in [6, 6.07) is 3.85. The lowest BCUT2D eigenvalue weighted by atomic mass is 10.1. The van der Waals surface area contributed by atoms with Gasteiger partial charge in [0.25, 0.3) is 0 Å². The van der Waals surface area contributed by atoms with E-state index in [1.54, 1.807) is 0 Å². The molecule has 1 aliphatic heterocycles. The van der Waals surface area contributed by atoms with E-state index in [2.05, 4.69) is 18.2 Å². The standard InChI is InChI=1S/C15H19NO3/c1-3-5-7-17-13-9-15-14(18-11-19-15)8-12(13)10-16-6-4-2/h1,8-9,16H,4-7,10-11H2,2H3. The summed E-state index contributed by atoms with van der Waals surface area (Å²) in [5.41, 5.74) is 1.06. The van der Waals surface area contributed by atoms with Crippen molar-refractivity contribution in [1.29, 1.82) is 0 Å². The second-order valence-corrected chi connectivity index (χ2v) is 4.29. The highest BCUT2D eigenvalue weighted by Crippen LogP contribution is 2.38. The lowest BCUT2D eigenvalue weighted by molar-refractivity contribution is 0.173. The zero-order valence-electron chi connectivity index (χ0n) is 11.2. The van der Waals surface area contributed by atoms with Crippen LogP contribution in [-0.2, 0) is 6.54 Å². The van der Waals surface area contributed by atoms with Gasteiger partial charge in [0.2, 0.25) is 6.79 Å². The zero-order chi connectivity index (χ0) is 13.5. The highest BCUT2D eigenvalue weighted by molar-refractivity contribution is 5.51. The maximum atomic E-state index is 5.72. The van der Waals surface area contributed by atoms with E-state index in [0.29, 0.717) is 13.0 Å². The third-order valence-electron chi connectivity index (χ3n) is 2.80. The molecule has 0 aromatic heterocycles. The summed E-state index contributed by atoms with van der Waals surface area (Å²) in [6.07, 6.45) is 6.92. The van der Waals surface area contributed by atoms with Crippen molar-refractivity contribution in [3.63, 3.8) is 0 Å². The molecule has 0 unspecified atom stereocenters. The van der Waals surface area contributed by atoms with E-state index in [0.717, 1.165) is 42.3 Å². The van der Waals surface area contributed by atoms with Gasteiger partial charge < -0.3 is 19.5 Å². The van der Waals surface area contributed by atoms with Crippen molar-refractivity contribution in [2.75, 3.05) is 19.9 Å². The maximum absolute atomic E-state index is 5.72. The largest absolute Gasteiger partial charge is 0.492 e.